The van der Waals surface area contributed by atoms with Crippen molar-refractivity contribution in [3.05, 3.63) is 35.6 Å². The van der Waals surface area contributed by atoms with E-state index in [1.54, 1.807) is 12.1 Å². The van der Waals surface area contributed by atoms with Crippen molar-refractivity contribution in [3.8, 4) is 0 Å². The average molecular weight is 377 g/mol. The number of carbonyl (C=O) groups is 4. The van der Waals surface area contributed by atoms with Crippen LogP contribution < -0.4 is 0 Å². The van der Waals surface area contributed by atoms with E-state index in [-0.39, 0.29) is 37.9 Å². The average Bonchev–Trinajstić information content (AvgIpc) is 2.78. The number of cyclic esters (lactones) is 1. The lowest BCUT2D eigenvalue weighted by molar-refractivity contribution is -0.147. The maximum absolute atomic E-state index is 13.3. The molecule has 27 heavy (non-hydrogen) atoms. The largest absolute Gasteiger partial charge is 0.433 e. The molecule has 2 aliphatic rings. The van der Waals surface area contributed by atoms with E-state index in [2.05, 4.69) is 0 Å². The number of hydrogen-bond acceptors (Lipinski definition) is 5. The summed E-state index contributed by atoms with van der Waals surface area (Å²) in [6.07, 6.45) is -0.866. The molecule has 0 bridgehead atoms. The van der Waals surface area contributed by atoms with Gasteiger partial charge in [-0.15, -0.1) is 0 Å². The summed E-state index contributed by atoms with van der Waals surface area (Å²) in [5, 5.41) is 0. The molecule has 4 amide bonds. The SMILES string of the molecule is CC1(C)OC(=O)N(CC(=O)N2CCN(Cc3cccc(F)c3)C(=O)C2)C1=O. The van der Waals surface area contributed by atoms with E-state index in [1.807, 2.05) is 0 Å². The lowest BCUT2D eigenvalue weighted by atomic mass is 10.1. The predicted octanol–water partition coefficient (Wildman–Crippen LogP) is 0.754. The Morgan fingerprint density at radius 2 is 1.96 bits per heavy atom. The Morgan fingerprint density at radius 3 is 2.56 bits per heavy atom. The highest BCUT2D eigenvalue weighted by atomic mass is 19.1. The van der Waals surface area contributed by atoms with Gasteiger partial charge >= 0.3 is 6.09 Å². The summed E-state index contributed by atoms with van der Waals surface area (Å²) in [6.45, 7) is 3.08. The van der Waals surface area contributed by atoms with Crippen molar-refractivity contribution in [2.45, 2.75) is 26.0 Å². The Morgan fingerprint density at radius 1 is 1.22 bits per heavy atom. The number of nitrogens with zero attached hydrogens (tertiary/aromatic N) is 3. The summed E-state index contributed by atoms with van der Waals surface area (Å²) in [6, 6.07) is 5.98. The smallest absolute Gasteiger partial charge is 0.418 e. The monoisotopic (exact) mass is 377 g/mol. The number of piperazine rings is 1. The van der Waals surface area contributed by atoms with Crippen molar-refractivity contribution in [1.82, 2.24) is 14.7 Å². The van der Waals surface area contributed by atoms with Crippen LogP contribution in [-0.4, -0.2) is 70.3 Å². The normalized spacial score (nSPS) is 19.5. The second kappa shape index (κ2) is 6.98. The molecule has 0 aromatic heterocycles. The van der Waals surface area contributed by atoms with Crippen LogP contribution in [0.3, 0.4) is 0 Å². The minimum Gasteiger partial charge on any atom is -0.433 e. The second-order valence-electron chi connectivity index (χ2n) is 7.03. The van der Waals surface area contributed by atoms with E-state index in [0.29, 0.717) is 5.56 Å². The molecule has 8 nitrogen and oxygen atoms in total. The third-order valence-electron chi connectivity index (χ3n) is 4.55. The Labute approximate surface area is 155 Å². The van der Waals surface area contributed by atoms with Crippen LogP contribution in [0.25, 0.3) is 0 Å². The van der Waals surface area contributed by atoms with Crippen LogP contribution in [0, 0.1) is 5.82 Å². The van der Waals surface area contributed by atoms with E-state index in [9.17, 15) is 23.6 Å². The molecule has 1 aromatic rings. The summed E-state index contributed by atoms with van der Waals surface area (Å²) in [5.74, 6) is -1.75. The van der Waals surface area contributed by atoms with Crippen molar-refractivity contribution < 1.29 is 28.3 Å². The zero-order chi connectivity index (χ0) is 19.8. The minimum atomic E-state index is -1.29. The first kappa shape index (κ1) is 18.8. The lowest BCUT2D eigenvalue weighted by Crippen LogP contribution is -2.54. The van der Waals surface area contributed by atoms with Crippen molar-refractivity contribution in [2.24, 2.45) is 0 Å². The highest BCUT2D eigenvalue weighted by Gasteiger charge is 2.48. The molecule has 0 unspecified atom stereocenters. The topological polar surface area (TPSA) is 87.2 Å². The number of rotatable bonds is 4. The number of amides is 4. The van der Waals surface area contributed by atoms with E-state index in [0.717, 1.165) is 4.90 Å². The molecule has 2 aliphatic heterocycles. The zero-order valence-electron chi connectivity index (χ0n) is 15.1. The molecule has 0 N–H and O–H groups in total. The van der Waals surface area contributed by atoms with Crippen LogP contribution in [0.2, 0.25) is 0 Å². The standard InChI is InChI=1S/C18H20FN3O5/c1-18(2)16(25)22(17(26)27-18)11-15(24)21-7-6-20(14(23)10-21)9-12-4-3-5-13(19)8-12/h3-5,8H,6-7,9-11H2,1-2H3. The molecule has 0 aliphatic carbocycles. The fourth-order valence-electron chi connectivity index (χ4n) is 3.04. The van der Waals surface area contributed by atoms with Gasteiger partial charge in [0.15, 0.2) is 5.60 Å². The van der Waals surface area contributed by atoms with Gasteiger partial charge in [0.05, 0.1) is 6.54 Å². The van der Waals surface area contributed by atoms with Crippen molar-refractivity contribution >= 4 is 23.8 Å². The Bertz CT molecular complexity index is 810. The molecular weight excluding hydrogens is 357 g/mol. The number of halogens is 1. The molecule has 0 spiro atoms. The molecule has 1 aromatic carbocycles. The van der Waals surface area contributed by atoms with E-state index < -0.39 is 30.1 Å². The maximum Gasteiger partial charge on any atom is 0.418 e. The number of hydrogen-bond donors (Lipinski definition) is 0. The van der Waals surface area contributed by atoms with Gasteiger partial charge in [-0.05, 0) is 31.5 Å². The molecule has 0 atom stereocenters. The summed E-state index contributed by atoms with van der Waals surface area (Å²) in [7, 11) is 0. The van der Waals surface area contributed by atoms with Gasteiger partial charge in [0, 0.05) is 19.6 Å². The maximum atomic E-state index is 13.3. The van der Waals surface area contributed by atoms with Crippen molar-refractivity contribution in [2.75, 3.05) is 26.2 Å². The van der Waals surface area contributed by atoms with Gasteiger partial charge in [-0.2, -0.15) is 0 Å². The van der Waals surface area contributed by atoms with Crippen LogP contribution in [0.15, 0.2) is 24.3 Å². The van der Waals surface area contributed by atoms with E-state index in [4.69, 9.17) is 4.74 Å². The van der Waals surface area contributed by atoms with Gasteiger partial charge in [0.2, 0.25) is 11.8 Å². The Hall–Kier alpha value is -2.97. The van der Waals surface area contributed by atoms with Crippen LogP contribution in [-0.2, 0) is 25.7 Å². The first-order chi connectivity index (χ1) is 12.7. The van der Waals surface area contributed by atoms with Crippen LogP contribution in [0.5, 0.6) is 0 Å². The predicted molar refractivity (Wildman–Crippen MR) is 90.7 cm³/mol. The van der Waals surface area contributed by atoms with Crippen LogP contribution in [0.1, 0.15) is 19.4 Å². The first-order valence-electron chi connectivity index (χ1n) is 8.52. The summed E-state index contributed by atoms with van der Waals surface area (Å²) >= 11 is 0. The van der Waals surface area contributed by atoms with E-state index >= 15 is 0 Å². The molecule has 144 valence electrons. The molecule has 9 heteroatoms. The van der Waals surface area contributed by atoms with Gasteiger partial charge in [-0.1, -0.05) is 12.1 Å². The number of ether oxygens (including phenoxy) is 1. The van der Waals surface area contributed by atoms with Crippen molar-refractivity contribution in [1.29, 1.82) is 0 Å². The van der Waals surface area contributed by atoms with Gasteiger partial charge in [0.25, 0.3) is 5.91 Å². The summed E-state index contributed by atoms with van der Waals surface area (Å²) < 4.78 is 18.2. The Balaban J connectivity index is 1.58. The molecule has 2 heterocycles. The summed E-state index contributed by atoms with van der Waals surface area (Å²) in [4.78, 5) is 52.2. The lowest BCUT2D eigenvalue weighted by Gasteiger charge is -2.34. The third kappa shape index (κ3) is 3.91. The molecule has 0 radical (unpaired) electrons. The van der Waals surface area contributed by atoms with Gasteiger partial charge in [-0.25, -0.2) is 14.1 Å². The highest BCUT2D eigenvalue weighted by Crippen LogP contribution is 2.23. The molecular formula is C18H20FN3O5. The zero-order valence-corrected chi connectivity index (χ0v) is 15.1. The van der Waals surface area contributed by atoms with Gasteiger partial charge < -0.3 is 14.5 Å². The van der Waals surface area contributed by atoms with Crippen LogP contribution >= 0.6 is 0 Å². The molecule has 3 rings (SSSR count). The first-order valence-corrected chi connectivity index (χ1v) is 8.52. The quantitative estimate of drug-likeness (QED) is 0.773. The minimum absolute atomic E-state index is 0.158. The van der Waals surface area contributed by atoms with Crippen LogP contribution in [0.4, 0.5) is 9.18 Å². The number of carbonyl (C=O) groups excluding carboxylic acids is 4. The van der Waals surface area contributed by atoms with E-state index in [1.165, 1.54) is 35.8 Å². The summed E-state index contributed by atoms with van der Waals surface area (Å²) in [5.41, 5.74) is -0.632. The van der Waals surface area contributed by atoms with Gasteiger partial charge in [-0.3, -0.25) is 14.4 Å². The fourth-order valence-corrected chi connectivity index (χ4v) is 3.04. The van der Waals surface area contributed by atoms with Gasteiger partial charge in [0.1, 0.15) is 12.4 Å². The molecule has 2 saturated heterocycles. The Kier molecular flexibility index (Phi) is 4.86. The van der Waals surface area contributed by atoms with Crippen molar-refractivity contribution in [3.63, 3.8) is 0 Å². The molecule has 2 fully saturated rings. The highest BCUT2D eigenvalue weighted by molar-refractivity contribution is 6.05. The third-order valence-corrected chi connectivity index (χ3v) is 4.55. The number of imide groups is 1. The number of benzene rings is 1. The second-order valence-corrected chi connectivity index (χ2v) is 7.03. The fraction of sp³-hybridized carbons (Fsp3) is 0.444. The molecule has 0 saturated carbocycles.